The number of aromatic nitrogens is 2. The summed E-state index contributed by atoms with van der Waals surface area (Å²) < 4.78 is 49.9. The summed E-state index contributed by atoms with van der Waals surface area (Å²) in [6, 6.07) is 12.7. The second-order valence-electron chi connectivity index (χ2n) is 9.36. The van der Waals surface area contributed by atoms with Crippen LogP contribution in [0.3, 0.4) is 0 Å². The molecular weight excluding hydrogens is 539 g/mol. The van der Waals surface area contributed by atoms with E-state index in [4.69, 9.17) is 10.5 Å². The third-order valence-corrected chi connectivity index (χ3v) is 7.44. The first-order valence-electron chi connectivity index (χ1n) is 12.7. The summed E-state index contributed by atoms with van der Waals surface area (Å²) in [5.41, 5.74) is 5.92. The van der Waals surface area contributed by atoms with Crippen LogP contribution in [0.15, 0.2) is 78.5 Å². The Labute approximate surface area is 235 Å². The van der Waals surface area contributed by atoms with Crippen molar-refractivity contribution in [3.8, 4) is 11.5 Å². The van der Waals surface area contributed by atoms with Gasteiger partial charge in [0.15, 0.2) is 0 Å². The van der Waals surface area contributed by atoms with Crippen molar-refractivity contribution in [2.75, 3.05) is 29.9 Å². The van der Waals surface area contributed by atoms with Gasteiger partial charge in [0.25, 0.3) is 5.91 Å². The minimum atomic E-state index is -4.76. The molecule has 0 radical (unpaired) electrons. The number of para-hydroxylation sites is 1. The monoisotopic (exact) mass is 569 g/mol. The molecule has 0 bridgehead atoms. The lowest BCUT2D eigenvalue weighted by Gasteiger charge is -2.37. The molecule has 0 spiro atoms. The van der Waals surface area contributed by atoms with E-state index < -0.39 is 17.6 Å². The molecule has 1 aliphatic heterocycles. The number of ether oxygens (including phenoxy) is 1. The molecule has 40 heavy (non-hydrogen) atoms. The number of nitrogens with two attached hydrogens (primary N) is 1. The number of nitrogens with one attached hydrogen (secondary N) is 1. The molecule has 11 heteroatoms. The first-order chi connectivity index (χ1) is 19.2. The van der Waals surface area contributed by atoms with Crippen molar-refractivity contribution in [3.63, 3.8) is 0 Å². The molecule has 2 aromatic carbocycles. The van der Waals surface area contributed by atoms with E-state index in [-0.39, 0.29) is 28.8 Å². The van der Waals surface area contributed by atoms with Gasteiger partial charge in [-0.2, -0.15) is 23.4 Å². The van der Waals surface area contributed by atoms with Crippen molar-refractivity contribution in [3.05, 3.63) is 89.6 Å². The number of rotatable bonds is 9. The van der Waals surface area contributed by atoms with Gasteiger partial charge in [-0.15, -0.1) is 0 Å². The summed E-state index contributed by atoms with van der Waals surface area (Å²) in [6.07, 6.45) is -0.169. The van der Waals surface area contributed by atoms with Crippen molar-refractivity contribution in [1.29, 1.82) is 0 Å². The van der Waals surface area contributed by atoms with Crippen LogP contribution in [0.2, 0.25) is 0 Å². The number of alkyl halides is 3. The predicted octanol–water partition coefficient (Wildman–Crippen LogP) is 6.71. The molecular formula is C29H30F3N5O2S. The molecule has 4 rings (SSSR count). The van der Waals surface area contributed by atoms with Crippen molar-refractivity contribution in [2.24, 2.45) is 11.7 Å². The lowest BCUT2D eigenvalue weighted by Crippen LogP contribution is -2.40. The topological polar surface area (TPSA) is 93.4 Å². The maximum Gasteiger partial charge on any atom is 0.422 e. The summed E-state index contributed by atoms with van der Waals surface area (Å²) in [4.78, 5) is 15.5. The number of benzene rings is 2. The summed E-state index contributed by atoms with van der Waals surface area (Å²) >= 11 is 1.21. The van der Waals surface area contributed by atoms with E-state index in [2.05, 4.69) is 22.1 Å². The highest BCUT2D eigenvalue weighted by Crippen LogP contribution is 2.48. The van der Waals surface area contributed by atoms with Crippen LogP contribution in [0.4, 0.5) is 24.5 Å². The Bertz CT molecular complexity index is 1370. The standard InChI is InChI=1S/C29H30F3N5O2S/c1-19(18-40-20(2)22-12-13-34-35-16-22)28(38)36-24-10-11-25(39-23-8-4-3-5-9-23)26(29(30,31)32)27(24)37-14-6-7-21(15-33)17-37/h3-5,8-13,16,18,21H,2,6-7,14-15,17,33H2,1H3,(H,36,38)/b19-18+/t21-/m0/s1. The van der Waals surface area contributed by atoms with Crippen LogP contribution >= 0.6 is 11.8 Å². The van der Waals surface area contributed by atoms with Gasteiger partial charge in [-0.25, -0.2) is 0 Å². The van der Waals surface area contributed by atoms with Crippen molar-refractivity contribution >= 4 is 33.9 Å². The number of halogens is 3. The van der Waals surface area contributed by atoms with E-state index in [1.54, 1.807) is 59.8 Å². The highest BCUT2D eigenvalue weighted by Gasteiger charge is 2.41. The number of thioether (sulfide) groups is 1. The summed E-state index contributed by atoms with van der Waals surface area (Å²) in [5, 5.41) is 11.8. The number of anilines is 2. The van der Waals surface area contributed by atoms with Gasteiger partial charge in [-0.3, -0.25) is 4.79 Å². The van der Waals surface area contributed by atoms with Crippen LogP contribution in [0, 0.1) is 5.92 Å². The zero-order valence-electron chi connectivity index (χ0n) is 21.9. The van der Waals surface area contributed by atoms with Crippen molar-refractivity contribution in [1.82, 2.24) is 10.2 Å². The van der Waals surface area contributed by atoms with E-state index in [1.807, 2.05) is 0 Å². The molecule has 2 heterocycles. The Morgan fingerprint density at radius 1 is 1.23 bits per heavy atom. The first-order valence-corrected chi connectivity index (χ1v) is 13.6. The SMILES string of the molecule is C=C(S/C=C(\C)C(=O)Nc1ccc(Oc2ccccc2)c(C(F)(F)F)c1N1CCC[C@@H](CN)C1)c1ccnnc1. The minimum Gasteiger partial charge on any atom is -0.457 e. The quantitative estimate of drug-likeness (QED) is 0.277. The molecule has 3 N–H and O–H groups in total. The number of nitrogens with zero attached hydrogens (tertiary/aromatic N) is 3. The molecule has 1 saturated heterocycles. The molecule has 3 aromatic rings. The maximum absolute atomic E-state index is 14.7. The molecule has 1 atom stereocenters. The minimum absolute atomic E-state index is 0.0313. The average Bonchev–Trinajstić information content (AvgIpc) is 2.96. The highest BCUT2D eigenvalue weighted by molar-refractivity contribution is 8.10. The Morgan fingerprint density at radius 2 is 2.00 bits per heavy atom. The van der Waals surface area contributed by atoms with E-state index in [9.17, 15) is 18.0 Å². The smallest absolute Gasteiger partial charge is 0.422 e. The second kappa shape index (κ2) is 13.0. The number of hydrogen-bond acceptors (Lipinski definition) is 7. The van der Waals surface area contributed by atoms with Crippen LogP contribution in [-0.2, 0) is 11.0 Å². The number of piperidine rings is 1. The second-order valence-corrected chi connectivity index (χ2v) is 10.3. The fourth-order valence-electron chi connectivity index (χ4n) is 4.39. The van der Waals surface area contributed by atoms with E-state index >= 15 is 0 Å². The van der Waals surface area contributed by atoms with Crippen LogP contribution in [0.5, 0.6) is 11.5 Å². The van der Waals surface area contributed by atoms with Gasteiger partial charge in [0, 0.05) is 29.1 Å². The van der Waals surface area contributed by atoms with E-state index in [0.29, 0.717) is 36.5 Å². The third-order valence-electron chi connectivity index (χ3n) is 6.45. The van der Waals surface area contributed by atoms with Crippen LogP contribution in [0.1, 0.15) is 30.9 Å². The van der Waals surface area contributed by atoms with Gasteiger partial charge in [-0.05, 0) is 68.0 Å². The van der Waals surface area contributed by atoms with E-state index in [0.717, 1.165) is 12.0 Å². The predicted molar refractivity (Wildman–Crippen MR) is 153 cm³/mol. The number of carbonyl (C=O) groups excluding carboxylic acids is 1. The zero-order valence-corrected chi connectivity index (χ0v) is 22.8. The molecule has 1 aliphatic rings. The maximum atomic E-state index is 14.7. The van der Waals surface area contributed by atoms with Crippen LogP contribution < -0.4 is 20.7 Å². The highest BCUT2D eigenvalue weighted by atomic mass is 32.2. The molecule has 0 saturated carbocycles. The Hall–Kier alpha value is -3.83. The number of carbonyl (C=O) groups is 1. The largest absolute Gasteiger partial charge is 0.457 e. The third kappa shape index (κ3) is 7.22. The molecule has 1 fully saturated rings. The summed E-state index contributed by atoms with van der Waals surface area (Å²) in [5.74, 6) is -0.572. The molecule has 7 nitrogen and oxygen atoms in total. The fourth-order valence-corrected chi connectivity index (χ4v) is 5.08. The Balaban J connectivity index is 1.69. The van der Waals surface area contributed by atoms with Gasteiger partial charge >= 0.3 is 6.18 Å². The number of amides is 1. The summed E-state index contributed by atoms with van der Waals surface area (Å²) in [7, 11) is 0. The van der Waals surface area contributed by atoms with Crippen LogP contribution in [0.25, 0.3) is 4.91 Å². The van der Waals surface area contributed by atoms with Gasteiger partial charge in [0.2, 0.25) is 0 Å². The van der Waals surface area contributed by atoms with Crippen LogP contribution in [-0.4, -0.2) is 35.7 Å². The van der Waals surface area contributed by atoms with E-state index in [1.165, 1.54) is 30.1 Å². The van der Waals surface area contributed by atoms with Gasteiger partial charge in [0.05, 0.1) is 23.8 Å². The lowest BCUT2D eigenvalue weighted by molar-refractivity contribution is -0.138. The average molecular weight is 570 g/mol. The fraction of sp³-hybridized carbons (Fsp3) is 0.276. The van der Waals surface area contributed by atoms with Crippen molar-refractivity contribution in [2.45, 2.75) is 25.9 Å². The molecule has 1 amide bonds. The lowest BCUT2D eigenvalue weighted by atomic mass is 9.96. The summed E-state index contributed by atoms with van der Waals surface area (Å²) in [6.45, 7) is 6.65. The van der Waals surface area contributed by atoms with Crippen molar-refractivity contribution < 1.29 is 22.7 Å². The zero-order chi connectivity index (χ0) is 28.7. The molecule has 210 valence electrons. The Morgan fingerprint density at radius 3 is 2.67 bits per heavy atom. The number of hydrogen-bond donors (Lipinski definition) is 2. The molecule has 0 unspecified atom stereocenters. The van der Waals surface area contributed by atoms with Gasteiger partial charge in [0.1, 0.15) is 17.1 Å². The van der Waals surface area contributed by atoms with Gasteiger partial charge < -0.3 is 20.7 Å². The first kappa shape index (κ1) is 29.2. The Kier molecular flexibility index (Phi) is 9.49. The van der Waals surface area contributed by atoms with Gasteiger partial charge in [-0.1, -0.05) is 36.5 Å². The normalized spacial score (nSPS) is 16.0. The molecule has 1 aromatic heterocycles. The molecule has 0 aliphatic carbocycles.